The van der Waals surface area contributed by atoms with E-state index in [4.69, 9.17) is 9.47 Å². The number of hydrogen-bond acceptors (Lipinski definition) is 6. The molecule has 0 radical (unpaired) electrons. The number of amides is 1. The summed E-state index contributed by atoms with van der Waals surface area (Å²) in [5, 5.41) is -0.150. The number of thioether (sulfide) groups is 1. The van der Waals surface area contributed by atoms with Crippen LogP contribution in [-0.4, -0.2) is 57.2 Å². The van der Waals surface area contributed by atoms with Gasteiger partial charge >= 0.3 is 5.97 Å². The van der Waals surface area contributed by atoms with Gasteiger partial charge < -0.3 is 19.3 Å². The van der Waals surface area contributed by atoms with Crippen LogP contribution in [0.3, 0.4) is 0 Å². The van der Waals surface area contributed by atoms with E-state index in [1.54, 1.807) is 23.8 Å². The summed E-state index contributed by atoms with van der Waals surface area (Å²) in [5.41, 5.74) is 1.86. The number of methoxy groups -OCH3 is 1. The van der Waals surface area contributed by atoms with Crippen LogP contribution < -0.4 is 9.64 Å². The lowest BCUT2D eigenvalue weighted by Crippen LogP contribution is -2.43. The molecule has 6 nitrogen and oxygen atoms in total. The number of rotatable bonds is 5. The number of anilines is 1. The molecule has 3 rings (SSSR count). The lowest BCUT2D eigenvalue weighted by Gasteiger charge is -2.29. The highest BCUT2D eigenvalue weighted by Gasteiger charge is 2.36. The number of benzene rings is 2. The molecule has 1 heterocycles. The molecule has 154 valence electrons. The summed E-state index contributed by atoms with van der Waals surface area (Å²) in [5.74, 6) is 0.371. The van der Waals surface area contributed by atoms with Crippen LogP contribution >= 0.6 is 11.8 Å². The molecule has 0 unspecified atom stereocenters. The van der Waals surface area contributed by atoms with Crippen molar-refractivity contribution >= 4 is 29.3 Å². The SMILES string of the molecule is COc1ccc([C@@H]2Sc3ccccc3N(C(=O)CN(C)C)C[C@@H]2OC(C)=O)cc1. The highest BCUT2D eigenvalue weighted by atomic mass is 32.2. The van der Waals surface area contributed by atoms with Gasteiger partial charge in [-0.25, -0.2) is 0 Å². The fourth-order valence-corrected chi connectivity index (χ4v) is 4.66. The summed E-state index contributed by atoms with van der Waals surface area (Å²) >= 11 is 1.61. The van der Waals surface area contributed by atoms with Gasteiger partial charge in [-0.1, -0.05) is 24.3 Å². The van der Waals surface area contributed by atoms with Crippen molar-refractivity contribution in [1.29, 1.82) is 0 Å². The largest absolute Gasteiger partial charge is 0.497 e. The van der Waals surface area contributed by atoms with E-state index >= 15 is 0 Å². The van der Waals surface area contributed by atoms with E-state index in [1.165, 1.54) is 6.92 Å². The number of carbonyl (C=O) groups excluding carboxylic acids is 2. The van der Waals surface area contributed by atoms with Crippen LogP contribution in [0.2, 0.25) is 0 Å². The first-order valence-corrected chi connectivity index (χ1v) is 10.3. The standard InChI is InChI=1S/C22H26N2O4S/c1-15(25)28-19-13-24(21(26)14-23(2)3)18-7-5-6-8-20(18)29-22(19)16-9-11-17(27-4)12-10-16/h5-12,19,22H,13-14H2,1-4H3/t19-,22-/m0/s1. The van der Waals surface area contributed by atoms with E-state index < -0.39 is 6.10 Å². The minimum absolute atomic E-state index is 0.0319. The highest BCUT2D eigenvalue weighted by Crippen LogP contribution is 2.46. The normalized spacial score (nSPS) is 18.7. The minimum Gasteiger partial charge on any atom is -0.497 e. The molecule has 2 atom stereocenters. The molecule has 7 heteroatoms. The zero-order chi connectivity index (χ0) is 21.0. The predicted molar refractivity (Wildman–Crippen MR) is 114 cm³/mol. The Labute approximate surface area is 175 Å². The van der Waals surface area contributed by atoms with Crippen LogP contribution in [0.5, 0.6) is 5.75 Å². The predicted octanol–water partition coefficient (Wildman–Crippen LogP) is 3.37. The van der Waals surface area contributed by atoms with E-state index in [-0.39, 0.29) is 23.7 Å². The molecule has 0 aliphatic carbocycles. The Balaban J connectivity index is 2.03. The second-order valence-electron chi connectivity index (χ2n) is 7.17. The third-order valence-corrected chi connectivity index (χ3v) is 6.05. The Hall–Kier alpha value is -2.51. The van der Waals surface area contributed by atoms with Gasteiger partial charge in [0.05, 0.1) is 31.1 Å². The van der Waals surface area contributed by atoms with E-state index in [0.29, 0.717) is 6.54 Å². The maximum absolute atomic E-state index is 13.0. The number of para-hydroxylation sites is 1. The van der Waals surface area contributed by atoms with Crippen molar-refractivity contribution in [2.24, 2.45) is 0 Å². The van der Waals surface area contributed by atoms with Gasteiger partial charge in [-0.2, -0.15) is 0 Å². The van der Waals surface area contributed by atoms with Crippen molar-refractivity contribution in [1.82, 2.24) is 4.90 Å². The first kappa shape index (κ1) is 21.2. The molecule has 1 amide bonds. The third kappa shape index (κ3) is 5.10. The van der Waals surface area contributed by atoms with Gasteiger partial charge in [-0.3, -0.25) is 9.59 Å². The van der Waals surface area contributed by atoms with Gasteiger partial charge in [0.15, 0.2) is 0 Å². The van der Waals surface area contributed by atoms with Gasteiger partial charge in [-0.15, -0.1) is 11.8 Å². The zero-order valence-corrected chi connectivity index (χ0v) is 17.9. The average molecular weight is 415 g/mol. The Kier molecular flexibility index (Phi) is 6.82. The summed E-state index contributed by atoms with van der Waals surface area (Å²) in [6.07, 6.45) is -0.482. The van der Waals surface area contributed by atoms with Crippen LogP contribution in [0.25, 0.3) is 0 Å². The van der Waals surface area contributed by atoms with E-state index in [9.17, 15) is 9.59 Å². The maximum Gasteiger partial charge on any atom is 0.303 e. The zero-order valence-electron chi connectivity index (χ0n) is 17.1. The van der Waals surface area contributed by atoms with E-state index in [2.05, 4.69) is 0 Å². The molecule has 0 spiro atoms. The maximum atomic E-state index is 13.0. The molecule has 0 saturated carbocycles. The van der Waals surface area contributed by atoms with Crippen molar-refractivity contribution in [3.05, 3.63) is 54.1 Å². The number of hydrogen-bond donors (Lipinski definition) is 0. The molecule has 0 aromatic heterocycles. The molecule has 0 N–H and O–H groups in total. The average Bonchev–Trinajstić information content (AvgIpc) is 2.84. The molecule has 0 saturated heterocycles. The summed E-state index contributed by atoms with van der Waals surface area (Å²) in [6.45, 7) is 1.98. The molecule has 2 aromatic carbocycles. The van der Waals surface area contributed by atoms with Crippen molar-refractivity contribution < 1.29 is 19.1 Å². The van der Waals surface area contributed by atoms with E-state index in [0.717, 1.165) is 21.9 Å². The lowest BCUT2D eigenvalue weighted by molar-refractivity contribution is -0.146. The fraction of sp³-hybridized carbons (Fsp3) is 0.364. The molecule has 1 aliphatic rings. The first-order valence-electron chi connectivity index (χ1n) is 9.41. The minimum atomic E-state index is -0.482. The van der Waals surface area contributed by atoms with Crippen LogP contribution in [0.4, 0.5) is 5.69 Å². The van der Waals surface area contributed by atoms with Gasteiger partial charge in [0.1, 0.15) is 11.9 Å². The number of carbonyl (C=O) groups is 2. The van der Waals surface area contributed by atoms with Crippen molar-refractivity contribution in [3.8, 4) is 5.75 Å². The number of ether oxygens (including phenoxy) is 2. The number of likely N-dealkylation sites (N-methyl/N-ethyl adjacent to an activating group) is 1. The van der Waals surface area contributed by atoms with E-state index in [1.807, 2.05) is 67.5 Å². The van der Waals surface area contributed by atoms with Crippen molar-refractivity contribution in [3.63, 3.8) is 0 Å². The number of fused-ring (bicyclic) bond motifs is 1. The topological polar surface area (TPSA) is 59.1 Å². The Morgan fingerprint density at radius 1 is 1.14 bits per heavy atom. The Bertz CT molecular complexity index is 869. The molecular weight excluding hydrogens is 388 g/mol. The monoisotopic (exact) mass is 414 g/mol. The number of nitrogens with zero attached hydrogens (tertiary/aromatic N) is 2. The Morgan fingerprint density at radius 2 is 1.83 bits per heavy atom. The molecule has 0 bridgehead atoms. The van der Waals surface area contributed by atoms with Crippen LogP contribution in [-0.2, 0) is 14.3 Å². The number of esters is 1. The van der Waals surface area contributed by atoms with Crippen molar-refractivity contribution in [2.45, 2.75) is 23.2 Å². The first-order chi connectivity index (χ1) is 13.9. The second-order valence-corrected chi connectivity index (χ2v) is 8.35. The quantitative estimate of drug-likeness (QED) is 0.699. The third-order valence-electron chi connectivity index (χ3n) is 4.62. The van der Waals surface area contributed by atoms with Gasteiger partial charge in [0, 0.05) is 11.8 Å². The second kappa shape index (κ2) is 9.33. The van der Waals surface area contributed by atoms with Crippen molar-refractivity contribution in [2.75, 3.05) is 39.2 Å². The summed E-state index contributed by atoms with van der Waals surface area (Å²) in [4.78, 5) is 29.4. The summed E-state index contributed by atoms with van der Waals surface area (Å²) in [7, 11) is 5.35. The smallest absolute Gasteiger partial charge is 0.303 e. The molecule has 0 fully saturated rings. The van der Waals surface area contributed by atoms with Crippen LogP contribution in [0.15, 0.2) is 53.4 Å². The molecule has 1 aliphatic heterocycles. The Morgan fingerprint density at radius 3 is 2.45 bits per heavy atom. The van der Waals surface area contributed by atoms with Gasteiger partial charge in [0.2, 0.25) is 5.91 Å². The van der Waals surface area contributed by atoms with Crippen LogP contribution in [0, 0.1) is 0 Å². The van der Waals surface area contributed by atoms with Gasteiger partial charge in [-0.05, 0) is 43.9 Å². The highest BCUT2D eigenvalue weighted by molar-refractivity contribution is 7.99. The summed E-state index contributed by atoms with van der Waals surface area (Å²) in [6, 6.07) is 15.6. The fourth-order valence-electron chi connectivity index (χ4n) is 3.35. The van der Waals surface area contributed by atoms with Gasteiger partial charge in [0.25, 0.3) is 0 Å². The molecule has 2 aromatic rings. The lowest BCUT2D eigenvalue weighted by atomic mass is 10.1. The summed E-state index contributed by atoms with van der Waals surface area (Å²) < 4.78 is 11.0. The molecular formula is C22H26N2O4S. The van der Waals surface area contributed by atoms with Crippen LogP contribution in [0.1, 0.15) is 17.7 Å². The molecule has 29 heavy (non-hydrogen) atoms.